The Morgan fingerprint density at radius 3 is 3.08 bits per heavy atom. The van der Waals surface area contributed by atoms with E-state index >= 15 is 0 Å². The highest BCUT2D eigenvalue weighted by molar-refractivity contribution is 5.86. The molecule has 0 aromatic heterocycles. The number of hydrogen-bond donors (Lipinski definition) is 1. The van der Waals surface area contributed by atoms with Crippen LogP contribution in [0.2, 0.25) is 0 Å². The average Bonchev–Trinajstić information content (AvgIpc) is 2.05. The van der Waals surface area contributed by atoms with E-state index < -0.39 is 0 Å². The first-order chi connectivity index (χ1) is 5.77. The lowest BCUT2D eigenvalue weighted by molar-refractivity contribution is 0.257. The molecule has 0 aromatic rings. The molecule has 1 rings (SSSR count). The Labute approximate surface area is 72.1 Å². The molecule has 0 bridgehead atoms. The molecule has 1 N–H and O–H groups in total. The van der Waals surface area contributed by atoms with Crippen LogP contribution in [-0.4, -0.2) is 35.5 Å². The van der Waals surface area contributed by atoms with Crippen LogP contribution in [0.25, 0.3) is 0 Å². The second kappa shape index (κ2) is 4.07. The summed E-state index contributed by atoms with van der Waals surface area (Å²) in [4.78, 5) is 2.07. The number of rotatable bonds is 1. The maximum atomic E-state index is 8.58. The van der Waals surface area contributed by atoms with E-state index in [0.29, 0.717) is 6.54 Å². The smallest absolute Gasteiger partial charge is 0.0866 e. The fourth-order valence-electron chi connectivity index (χ4n) is 1.50. The van der Waals surface area contributed by atoms with Crippen LogP contribution in [0.4, 0.5) is 0 Å². The molecule has 1 saturated heterocycles. The van der Waals surface area contributed by atoms with Crippen molar-refractivity contribution in [1.29, 1.82) is 5.26 Å². The summed E-state index contributed by atoms with van der Waals surface area (Å²) in [5.41, 5.74) is 0.851. The first-order valence-corrected chi connectivity index (χ1v) is 4.08. The van der Waals surface area contributed by atoms with Crippen molar-refractivity contribution in [3.63, 3.8) is 0 Å². The third-order valence-corrected chi connectivity index (χ3v) is 2.21. The molecule has 1 fully saturated rings. The Kier molecular flexibility index (Phi) is 3.06. The van der Waals surface area contributed by atoms with E-state index in [-0.39, 0.29) is 5.92 Å². The van der Waals surface area contributed by atoms with Crippen molar-refractivity contribution >= 4 is 5.71 Å². The lowest BCUT2D eigenvalue weighted by Gasteiger charge is -2.29. The van der Waals surface area contributed by atoms with E-state index in [9.17, 15) is 0 Å². The predicted molar refractivity (Wildman–Crippen MR) is 45.1 cm³/mol. The van der Waals surface area contributed by atoms with Gasteiger partial charge >= 0.3 is 0 Å². The van der Waals surface area contributed by atoms with Crippen molar-refractivity contribution in [3.05, 3.63) is 0 Å². The Morgan fingerprint density at radius 1 is 1.83 bits per heavy atom. The summed E-state index contributed by atoms with van der Waals surface area (Å²) in [5, 5.41) is 20.3. The topological polar surface area (TPSA) is 59.6 Å². The van der Waals surface area contributed by atoms with Crippen LogP contribution in [0.3, 0.4) is 0 Å². The molecule has 0 spiro atoms. The second-order valence-electron chi connectivity index (χ2n) is 3.14. The summed E-state index contributed by atoms with van der Waals surface area (Å²) in [7, 11) is 0. The first-order valence-electron chi connectivity index (χ1n) is 4.08. The number of hydrogen-bond acceptors (Lipinski definition) is 4. The largest absolute Gasteiger partial charge is 0.411 e. The summed E-state index contributed by atoms with van der Waals surface area (Å²) < 4.78 is 0. The third kappa shape index (κ3) is 1.95. The van der Waals surface area contributed by atoms with Gasteiger partial charge in [0.25, 0.3) is 0 Å². The summed E-state index contributed by atoms with van der Waals surface area (Å²) in [5.74, 6) is 0.275. The molecule has 0 saturated carbocycles. The van der Waals surface area contributed by atoms with Crippen LogP contribution in [0, 0.1) is 17.2 Å². The van der Waals surface area contributed by atoms with Crippen LogP contribution in [0.5, 0.6) is 0 Å². The highest BCUT2D eigenvalue weighted by Gasteiger charge is 2.21. The molecule has 4 nitrogen and oxygen atoms in total. The third-order valence-electron chi connectivity index (χ3n) is 2.21. The molecule has 4 heteroatoms. The molecule has 12 heavy (non-hydrogen) atoms. The van der Waals surface area contributed by atoms with E-state index in [2.05, 4.69) is 16.1 Å². The number of nitriles is 1. The van der Waals surface area contributed by atoms with Crippen molar-refractivity contribution in [1.82, 2.24) is 4.90 Å². The van der Waals surface area contributed by atoms with Gasteiger partial charge in [0, 0.05) is 25.4 Å². The Morgan fingerprint density at radius 2 is 2.58 bits per heavy atom. The maximum absolute atomic E-state index is 8.58. The van der Waals surface area contributed by atoms with Gasteiger partial charge in [0.1, 0.15) is 0 Å². The van der Waals surface area contributed by atoms with Gasteiger partial charge in [0.15, 0.2) is 0 Å². The highest BCUT2D eigenvalue weighted by Crippen LogP contribution is 2.12. The molecule has 0 radical (unpaired) electrons. The molecule has 0 amide bonds. The number of likely N-dealkylation sites (tertiary alicyclic amines) is 1. The van der Waals surface area contributed by atoms with E-state index in [1.54, 1.807) is 0 Å². The Balaban J connectivity index is 2.47. The molecule has 66 valence electrons. The Hall–Kier alpha value is -1.08. The molecular formula is C8H13N3O. The minimum Gasteiger partial charge on any atom is -0.411 e. The van der Waals surface area contributed by atoms with Crippen molar-refractivity contribution in [2.75, 3.05) is 19.6 Å². The second-order valence-corrected chi connectivity index (χ2v) is 3.14. The van der Waals surface area contributed by atoms with Gasteiger partial charge in [-0.05, 0) is 0 Å². The van der Waals surface area contributed by atoms with E-state index in [1.165, 1.54) is 0 Å². The van der Waals surface area contributed by atoms with Crippen LogP contribution in [0.1, 0.15) is 13.3 Å². The minimum atomic E-state index is 0.275. The average molecular weight is 167 g/mol. The van der Waals surface area contributed by atoms with Gasteiger partial charge in [-0.25, -0.2) is 0 Å². The summed E-state index contributed by atoms with van der Waals surface area (Å²) in [6, 6.07) is 2.11. The van der Waals surface area contributed by atoms with Gasteiger partial charge in [-0.15, -0.1) is 0 Å². The maximum Gasteiger partial charge on any atom is 0.0866 e. The molecular weight excluding hydrogens is 154 g/mol. The van der Waals surface area contributed by atoms with Gasteiger partial charge in [-0.3, -0.25) is 4.90 Å². The summed E-state index contributed by atoms with van der Waals surface area (Å²) in [6.45, 7) is 4.14. The zero-order valence-electron chi connectivity index (χ0n) is 7.19. The number of nitrogens with zero attached hydrogens (tertiary/aromatic N) is 3. The normalized spacial score (nSPS) is 28.7. The first kappa shape index (κ1) is 9.01. The van der Waals surface area contributed by atoms with Crippen molar-refractivity contribution in [3.8, 4) is 6.07 Å². The van der Waals surface area contributed by atoms with Crippen molar-refractivity contribution < 1.29 is 5.21 Å². The summed E-state index contributed by atoms with van der Waals surface area (Å²) in [6.07, 6.45) is 0.777. The molecule has 1 heterocycles. The van der Waals surface area contributed by atoms with Crippen LogP contribution in [-0.2, 0) is 0 Å². The van der Waals surface area contributed by atoms with Crippen molar-refractivity contribution in [2.24, 2.45) is 11.1 Å². The molecule has 0 aromatic carbocycles. The molecule has 1 aliphatic rings. The molecule has 0 aliphatic carbocycles. The SMILES string of the molecule is CC1CN(CC#N)CC/C1=N\O. The predicted octanol–water partition coefficient (Wildman–Crippen LogP) is 0.682. The molecule has 1 atom stereocenters. The van der Waals surface area contributed by atoms with E-state index in [4.69, 9.17) is 10.5 Å². The summed E-state index contributed by atoms with van der Waals surface area (Å²) >= 11 is 0. The van der Waals surface area contributed by atoms with Crippen molar-refractivity contribution in [2.45, 2.75) is 13.3 Å². The highest BCUT2D eigenvalue weighted by atomic mass is 16.4. The van der Waals surface area contributed by atoms with Crippen LogP contribution < -0.4 is 0 Å². The fraction of sp³-hybridized carbons (Fsp3) is 0.750. The van der Waals surface area contributed by atoms with E-state index in [1.807, 2.05) is 6.92 Å². The quantitative estimate of drug-likeness (QED) is 0.355. The standard InChI is InChI=1S/C8H13N3O/c1-7-6-11(5-3-9)4-2-8(7)10-12/h7,12H,2,4-6H2,1H3/b10-8+. The minimum absolute atomic E-state index is 0.275. The van der Waals surface area contributed by atoms with Crippen LogP contribution >= 0.6 is 0 Å². The zero-order chi connectivity index (χ0) is 8.97. The van der Waals surface area contributed by atoms with Gasteiger partial charge in [0.05, 0.1) is 18.3 Å². The number of oxime groups is 1. The van der Waals surface area contributed by atoms with Gasteiger partial charge < -0.3 is 5.21 Å². The zero-order valence-corrected chi connectivity index (χ0v) is 7.19. The lowest BCUT2D eigenvalue weighted by Crippen LogP contribution is -2.39. The van der Waals surface area contributed by atoms with Crippen LogP contribution in [0.15, 0.2) is 5.16 Å². The lowest BCUT2D eigenvalue weighted by atomic mass is 9.98. The van der Waals surface area contributed by atoms with Gasteiger partial charge in [-0.1, -0.05) is 12.1 Å². The van der Waals surface area contributed by atoms with Gasteiger partial charge in [0.2, 0.25) is 0 Å². The Bertz CT molecular complexity index is 219. The van der Waals surface area contributed by atoms with E-state index in [0.717, 1.165) is 25.2 Å². The number of piperidine rings is 1. The van der Waals surface area contributed by atoms with Gasteiger partial charge in [-0.2, -0.15) is 5.26 Å². The molecule has 1 unspecified atom stereocenters. The fourth-order valence-corrected chi connectivity index (χ4v) is 1.50. The monoisotopic (exact) mass is 167 g/mol. The molecule has 1 aliphatic heterocycles.